The summed E-state index contributed by atoms with van der Waals surface area (Å²) in [5.41, 5.74) is -0.458. The maximum absolute atomic E-state index is 12.1. The van der Waals surface area contributed by atoms with Crippen LogP contribution in [0, 0.1) is 0 Å². The van der Waals surface area contributed by atoms with Gasteiger partial charge in [-0.25, -0.2) is 9.59 Å². The first-order valence-electron chi connectivity index (χ1n) is 8.02. The van der Waals surface area contributed by atoms with Crippen LogP contribution in [-0.2, 0) is 9.53 Å². The zero-order chi connectivity index (χ0) is 18.4. The molecule has 1 aliphatic heterocycles. The lowest BCUT2D eigenvalue weighted by Gasteiger charge is -2.32. The molecule has 132 valence electrons. The predicted octanol–water partition coefficient (Wildman–Crippen LogP) is 2.88. The molecular weight excluding hydrogens is 324 g/mol. The number of rotatable bonds is 3. The maximum atomic E-state index is 12.1. The van der Waals surface area contributed by atoms with Crippen LogP contribution in [0.15, 0.2) is 45.1 Å². The maximum Gasteiger partial charge on any atom is 0.336 e. The summed E-state index contributed by atoms with van der Waals surface area (Å²) in [6, 6.07) is 6.40. The van der Waals surface area contributed by atoms with Gasteiger partial charge in [0.1, 0.15) is 23.0 Å². The second-order valence-electron chi connectivity index (χ2n) is 6.60. The molecule has 0 bridgehead atoms. The highest BCUT2D eigenvalue weighted by atomic mass is 16.6. The number of aliphatic hydroxyl groups is 1. The first-order chi connectivity index (χ1) is 11.7. The SMILES string of the molecule is C/C=C(/C)C(=O)OC(C)(C)[C@@H]1Oc2ccc3ccc(=O)oc3c2[C@H]1O. The Morgan fingerprint density at radius 1 is 1.28 bits per heavy atom. The van der Waals surface area contributed by atoms with Crippen molar-refractivity contribution in [3.05, 3.63) is 51.9 Å². The third-order valence-corrected chi connectivity index (χ3v) is 4.42. The van der Waals surface area contributed by atoms with Gasteiger partial charge in [-0.15, -0.1) is 0 Å². The minimum Gasteiger partial charge on any atom is -0.483 e. The summed E-state index contributed by atoms with van der Waals surface area (Å²) in [5, 5.41) is 11.5. The van der Waals surface area contributed by atoms with Gasteiger partial charge in [-0.1, -0.05) is 6.08 Å². The number of allylic oxidation sites excluding steroid dienone is 1. The van der Waals surface area contributed by atoms with Crippen LogP contribution >= 0.6 is 0 Å². The van der Waals surface area contributed by atoms with Gasteiger partial charge >= 0.3 is 11.6 Å². The van der Waals surface area contributed by atoms with Crippen molar-refractivity contribution in [2.45, 2.75) is 45.5 Å². The summed E-state index contributed by atoms with van der Waals surface area (Å²) >= 11 is 0. The molecule has 0 unspecified atom stereocenters. The highest BCUT2D eigenvalue weighted by molar-refractivity contribution is 5.88. The molecule has 0 spiro atoms. The highest BCUT2D eigenvalue weighted by Gasteiger charge is 2.47. The molecule has 2 atom stereocenters. The number of aliphatic hydroxyl groups excluding tert-OH is 1. The van der Waals surface area contributed by atoms with E-state index in [-0.39, 0.29) is 5.58 Å². The fraction of sp³-hybridized carbons (Fsp3) is 0.368. The molecule has 0 aliphatic carbocycles. The molecule has 1 N–H and O–H groups in total. The van der Waals surface area contributed by atoms with Crippen LogP contribution in [0.5, 0.6) is 5.75 Å². The average Bonchev–Trinajstić information content (AvgIpc) is 2.91. The van der Waals surface area contributed by atoms with E-state index < -0.39 is 29.4 Å². The number of benzene rings is 1. The summed E-state index contributed by atoms with van der Waals surface area (Å²) in [5.74, 6) is -0.0677. The van der Waals surface area contributed by atoms with E-state index in [0.29, 0.717) is 22.3 Å². The Kier molecular flexibility index (Phi) is 4.16. The van der Waals surface area contributed by atoms with Crippen molar-refractivity contribution < 1.29 is 23.8 Å². The van der Waals surface area contributed by atoms with Crippen molar-refractivity contribution in [3.8, 4) is 5.75 Å². The third-order valence-electron chi connectivity index (χ3n) is 4.42. The van der Waals surface area contributed by atoms with Gasteiger partial charge in [-0.2, -0.15) is 0 Å². The van der Waals surface area contributed by atoms with Crippen LogP contribution in [0.3, 0.4) is 0 Å². The van der Waals surface area contributed by atoms with Crippen LogP contribution in [0.1, 0.15) is 39.4 Å². The summed E-state index contributed by atoms with van der Waals surface area (Å²) < 4.78 is 16.6. The third kappa shape index (κ3) is 2.93. The normalized spacial score (nSPS) is 20.3. The average molecular weight is 344 g/mol. The number of esters is 1. The summed E-state index contributed by atoms with van der Waals surface area (Å²) in [4.78, 5) is 23.7. The zero-order valence-electron chi connectivity index (χ0n) is 14.5. The standard InChI is InChI=1S/C19H20O6/c1-5-10(2)18(22)25-19(3,4)17-15(21)14-12(23-17)8-6-11-7-9-13(20)24-16(11)14/h5-9,15,17,21H,1-4H3/b10-5-/t15-,17-/m1/s1. The quantitative estimate of drug-likeness (QED) is 0.523. The molecule has 1 aromatic heterocycles. The molecule has 25 heavy (non-hydrogen) atoms. The first-order valence-corrected chi connectivity index (χ1v) is 8.02. The van der Waals surface area contributed by atoms with Gasteiger partial charge in [-0.3, -0.25) is 0 Å². The smallest absolute Gasteiger partial charge is 0.336 e. The van der Waals surface area contributed by atoms with Crippen LogP contribution in [0.2, 0.25) is 0 Å². The monoisotopic (exact) mass is 344 g/mol. The molecule has 1 aromatic carbocycles. The Balaban J connectivity index is 1.98. The van der Waals surface area contributed by atoms with E-state index in [2.05, 4.69) is 0 Å². The van der Waals surface area contributed by atoms with Gasteiger partial charge in [0.05, 0.1) is 5.56 Å². The Morgan fingerprint density at radius 2 is 1.96 bits per heavy atom. The van der Waals surface area contributed by atoms with Gasteiger partial charge in [0.25, 0.3) is 0 Å². The first kappa shape index (κ1) is 17.2. The molecule has 3 rings (SSSR count). The van der Waals surface area contributed by atoms with Crippen molar-refractivity contribution in [2.24, 2.45) is 0 Å². The van der Waals surface area contributed by atoms with E-state index in [1.165, 1.54) is 6.07 Å². The van der Waals surface area contributed by atoms with E-state index in [4.69, 9.17) is 13.9 Å². The highest BCUT2D eigenvalue weighted by Crippen LogP contribution is 2.45. The van der Waals surface area contributed by atoms with E-state index in [1.54, 1.807) is 52.0 Å². The topological polar surface area (TPSA) is 86.0 Å². The lowest BCUT2D eigenvalue weighted by Crippen LogP contribution is -2.45. The Hall–Kier alpha value is -2.60. The molecule has 0 radical (unpaired) electrons. The van der Waals surface area contributed by atoms with Crippen molar-refractivity contribution in [3.63, 3.8) is 0 Å². The predicted molar refractivity (Wildman–Crippen MR) is 91.5 cm³/mol. The number of ether oxygens (including phenoxy) is 2. The molecule has 0 saturated heterocycles. The van der Waals surface area contributed by atoms with Crippen molar-refractivity contribution >= 4 is 16.9 Å². The molecule has 1 aliphatic rings. The van der Waals surface area contributed by atoms with E-state index >= 15 is 0 Å². The Bertz CT molecular complexity index is 921. The second-order valence-corrected chi connectivity index (χ2v) is 6.60. The van der Waals surface area contributed by atoms with Crippen molar-refractivity contribution in [1.82, 2.24) is 0 Å². The minimum atomic E-state index is -1.10. The summed E-state index contributed by atoms with van der Waals surface area (Å²) in [7, 11) is 0. The minimum absolute atomic E-state index is 0.284. The lowest BCUT2D eigenvalue weighted by molar-refractivity contribution is -0.165. The van der Waals surface area contributed by atoms with Crippen molar-refractivity contribution in [1.29, 1.82) is 0 Å². The molecule has 2 heterocycles. The van der Waals surface area contributed by atoms with Crippen molar-refractivity contribution in [2.75, 3.05) is 0 Å². The van der Waals surface area contributed by atoms with E-state index in [9.17, 15) is 14.7 Å². The second kappa shape index (κ2) is 6.04. The summed E-state index contributed by atoms with van der Waals surface area (Å²) in [6.45, 7) is 6.74. The number of carbonyl (C=O) groups excluding carboxylic acids is 1. The number of fused-ring (bicyclic) bond motifs is 3. The largest absolute Gasteiger partial charge is 0.483 e. The molecule has 6 heteroatoms. The number of hydrogen-bond donors (Lipinski definition) is 1. The van der Waals surface area contributed by atoms with Gasteiger partial charge in [0, 0.05) is 17.0 Å². The van der Waals surface area contributed by atoms with Gasteiger partial charge < -0.3 is 19.0 Å². The fourth-order valence-electron chi connectivity index (χ4n) is 2.89. The lowest BCUT2D eigenvalue weighted by atomic mass is 9.93. The summed E-state index contributed by atoms with van der Waals surface area (Å²) in [6.07, 6.45) is -0.272. The molecule has 2 aromatic rings. The molecular formula is C19H20O6. The van der Waals surface area contributed by atoms with Gasteiger partial charge in [0.2, 0.25) is 0 Å². The molecule has 0 fully saturated rings. The Labute approximate surface area is 144 Å². The van der Waals surface area contributed by atoms with Crippen LogP contribution in [-0.4, -0.2) is 22.8 Å². The van der Waals surface area contributed by atoms with Crippen LogP contribution < -0.4 is 10.4 Å². The number of hydrogen-bond acceptors (Lipinski definition) is 6. The molecule has 0 amide bonds. The molecule has 6 nitrogen and oxygen atoms in total. The Morgan fingerprint density at radius 3 is 2.64 bits per heavy atom. The molecule has 0 saturated carbocycles. The van der Waals surface area contributed by atoms with Crippen LogP contribution in [0.25, 0.3) is 11.0 Å². The number of carbonyl (C=O) groups is 1. The van der Waals surface area contributed by atoms with Gasteiger partial charge in [0.15, 0.2) is 6.10 Å². The van der Waals surface area contributed by atoms with E-state index in [1.807, 2.05) is 0 Å². The zero-order valence-corrected chi connectivity index (χ0v) is 14.5. The fourth-order valence-corrected chi connectivity index (χ4v) is 2.89. The van der Waals surface area contributed by atoms with E-state index in [0.717, 1.165) is 0 Å². The van der Waals surface area contributed by atoms with Crippen LogP contribution in [0.4, 0.5) is 0 Å². The van der Waals surface area contributed by atoms with Gasteiger partial charge in [-0.05, 0) is 45.9 Å².